The molecule has 0 radical (unpaired) electrons. The van der Waals surface area contributed by atoms with Crippen LogP contribution in [0.4, 0.5) is 0 Å². The van der Waals surface area contributed by atoms with Crippen LogP contribution < -0.4 is 0 Å². The number of likely N-dealkylation sites (N-methyl/N-ethyl adjacent to an activating group) is 1. The van der Waals surface area contributed by atoms with Crippen molar-refractivity contribution >= 4 is 29.1 Å². The minimum atomic E-state index is -0.764. The van der Waals surface area contributed by atoms with Gasteiger partial charge >= 0.3 is 0 Å². The molecule has 2 aromatic carbocycles. The van der Waals surface area contributed by atoms with Gasteiger partial charge in [-0.05, 0) is 36.2 Å². The van der Waals surface area contributed by atoms with Crippen molar-refractivity contribution in [1.29, 1.82) is 0 Å². The zero-order chi connectivity index (χ0) is 24.7. The third kappa shape index (κ3) is 3.99. The summed E-state index contributed by atoms with van der Waals surface area (Å²) in [5.41, 5.74) is 2.77. The lowest BCUT2D eigenvalue weighted by Crippen LogP contribution is -2.74. The predicted molar refractivity (Wildman–Crippen MR) is 128 cm³/mol. The topological polar surface area (TPSA) is 102 Å². The molecule has 1 unspecified atom stereocenters. The van der Waals surface area contributed by atoms with E-state index in [0.29, 0.717) is 13.0 Å². The van der Waals surface area contributed by atoms with E-state index in [9.17, 15) is 19.5 Å². The molecule has 5 rings (SSSR count). The molecule has 3 amide bonds. The maximum atomic E-state index is 13.8. The Morgan fingerprint density at radius 2 is 1.91 bits per heavy atom. The number of aryl methyl sites for hydroxylation is 1. The normalized spacial score (nSPS) is 21.0. The Labute approximate surface area is 202 Å². The number of hydrogen-bond acceptors (Lipinski definition) is 6. The van der Waals surface area contributed by atoms with E-state index in [2.05, 4.69) is 5.10 Å². The fraction of sp³-hybridized carbons (Fsp3) is 0.360. The predicted octanol–water partition coefficient (Wildman–Crippen LogP) is 1.19. The van der Waals surface area contributed by atoms with Crippen LogP contribution in [0.15, 0.2) is 48.7 Å². The van der Waals surface area contributed by atoms with Gasteiger partial charge in [0.25, 0.3) is 0 Å². The third-order valence-corrected chi connectivity index (χ3v) is 6.90. The van der Waals surface area contributed by atoms with E-state index >= 15 is 0 Å². The van der Waals surface area contributed by atoms with Crippen molar-refractivity contribution in [3.8, 4) is 5.75 Å². The van der Waals surface area contributed by atoms with Crippen LogP contribution in [0, 0.1) is 0 Å². The van der Waals surface area contributed by atoms with Crippen LogP contribution in [0.1, 0.15) is 18.1 Å². The molecule has 2 aliphatic heterocycles. The summed E-state index contributed by atoms with van der Waals surface area (Å²) >= 11 is 0. The van der Waals surface area contributed by atoms with Gasteiger partial charge in [-0.1, -0.05) is 24.3 Å². The zero-order valence-electron chi connectivity index (χ0n) is 19.7. The van der Waals surface area contributed by atoms with Gasteiger partial charge < -0.3 is 14.9 Å². The molecule has 1 aromatic heterocycles. The maximum Gasteiger partial charge on any atom is 0.246 e. The zero-order valence-corrected chi connectivity index (χ0v) is 19.7. The SMILES string of the molecule is CCn1ncc2c(CN3CC4N(C(=O)CN(C)N4C=O)[C@@H](Cc4ccc(O)cc4)C3=O)cccc21. The number of phenolic OH excluding ortho intramolecular Hbond substituents is 1. The van der Waals surface area contributed by atoms with Crippen LogP contribution in [0.5, 0.6) is 5.75 Å². The van der Waals surface area contributed by atoms with Gasteiger partial charge in [0, 0.05) is 31.9 Å². The van der Waals surface area contributed by atoms with Crippen LogP contribution in [0.3, 0.4) is 0 Å². The molecule has 10 heteroatoms. The number of fused-ring (bicyclic) bond motifs is 2. The molecule has 2 fully saturated rings. The quantitative estimate of drug-likeness (QED) is 0.537. The number of nitrogens with zero attached hydrogens (tertiary/aromatic N) is 6. The molecule has 0 spiro atoms. The summed E-state index contributed by atoms with van der Waals surface area (Å²) in [6.07, 6.45) is 2.21. The number of carbonyl (C=O) groups is 3. The van der Waals surface area contributed by atoms with Gasteiger partial charge in [-0.3, -0.25) is 24.1 Å². The summed E-state index contributed by atoms with van der Waals surface area (Å²) in [6, 6.07) is 11.8. The second-order valence-electron chi connectivity index (χ2n) is 9.00. The lowest BCUT2D eigenvalue weighted by atomic mass is 9.98. The first-order valence-electron chi connectivity index (χ1n) is 11.7. The Kier molecular flexibility index (Phi) is 5.89. The number of hydrogen-bond donors (Lipinski definition) is 1. The van der Waals surface area contributed by atoms with Crippen molar-refractivity contribution in [2.75, 3.05) is 20.1 Å². The molecule has 0 saturated carbocycles. The van der Waals surface area contributed by atoms with Crippen LogP contribution >= 0.6 is 0 Å². The number of rotatable bonds is 6. The van der Waals surface area contributed by atoms with Crippen molar-refractivity contribution in [2.45, 2.75) is 38.6 Å². The van der Waals surface area contributed by atoms with E-state index in [-0.39, 0.29) is 37.1 Å². The van der Waals surface area contributed by atoms with Crippen molar-refractivity contribution < 1.29 is 19.5 Å². The number of phenols is 1. The molecule has 10 nitrogen and oxygen atoms in total. The summed E-state index contributed by atoms with van der Waals surface area (Å²) < 4.78 is 1.91. The van der Waals surface area contributed by atoms with Crippen LogP contribution in [-0.4, -0.2) is 85.3 Å². The number of benzene rings is 2. The number of carbonyl (C=O) groups excluding carboxylic acids is 3. The molecule has 0 aliphatic carbocycles. The summed E-state index contributed by atoms with van der Waals surface area (Å²) in [5, 5.41) is 18.2. The van der Waals surface area contributed by atoms with Crippen LogP contribution in [0.2, 0.25) is 0 Å². The van der Waals surface area contributed by atoms with E-state index < -0.39 is 12.2 Å². The Morgan fingerprint density at radius 3 is 2.63 bits per heavy atom. The second-order valence-corrected chi connectivity index (χ2v) is 9.00. The highest BCUT2D eigenvalue weighted by atomic mass is 16.3. The molecule has 182 valence electrons. The van der Waals surface area contributed by atoms with Crippen molar-refractivity contribution in [1.82, 2.24) is 29.6 Å². The molecule has 3 aromatic rings. The number of aromatic hydroxyl groups is 1. The second kappa shape index (κ2) is 9.03. The summed E-state index contributed by atoms with van der Waals surface area (Å²) in [5.74, 6) is -0.233. The third-order valence-electron chi connectivity index (χ3n) is 6.90. The molecular formula is C25H28N6O4. The fourth-order valence-electron chi connectivity index (χ4n) is 5.14. The summed E-state index contributed by atoms with van der Waals surface area (Å²) in [7, 11) is 1.69. The molecule has 35 heavy (non-hydrogen) atoms. The van der Waals surface area contributed by atoms with Crippen LogP contribution in [0.25, 0.3) is 10.9 Å². The fourth-order valence-corrected chi connectivity index (χ4v) is 5.14. The molecule has 3 heterocycles. The standard InChI is InChI=1S/C25H28N6O4/c1-3-29-21-6-4-5-18(20(21)12-26-29)13-28-14-23-30(16-32)27(2)15-24(34)31(23)22(25(28)35)11-17-7-9-19(33)10-8-17/h4-10,12,16,22-23,33H,3,11,13-15H2,1-2H3/t22-,23?/m0/s1. The van der Waals surface area contributed by atoms with E-state index in [1.807, 2.05) is 36.0 Å². The van der Waals surface area contributed by atoms with E-state index in [0.717, 1.165) is 28.6 Å². The number of amides is 3. The first kappa shape index (κ1) is 22.9. The number of aromatic nitrogens is 2. The molecule has 0 bridgehead atoms. The Morgan fingerprint density at radius 1 is 1.14 bits per heavy atom. The minimum absolute atomic E-state index is 0.0180. The highest BCUT2D eigenvalue weighted by molar-refractivity contribution is 5.91. The van der Waals surface area contributed by atoms with Gasteiger partial charge in [0.15, 0.2) is 0 Å². The smallest absolute Gasteiger partial charge is 0.246 e. The molecule has 2 saturated heterocycles. The van der Waals surface area contributed by atoms with Gasteiger partial charge in [-0.2, -0.15) is 5.10 Å². The van der Waals surface area contributed by atoms with Crippen LogP contribution in [-0.2, 0) is 33.9 Å². The van der Waals surface area contributed by atoms with E-state index in [4.69, 9.17) is 0 Å². The van der Waals surface area contributed by atoms with Gasteiger partial charge in [0.1, 0.15) is 18.0 Å². The largest absolute Gasteiger partial charge is 0.508 e. The average molecular weight is 477 g/mol. The van der Waals surface area contributed by atoms with Gasteiger partial charge in [-0.15, -0.1) is 0 Å². The molecule has 1 N–H and O–H groups in total. The number of hydrazine groups is 1. The minimum Gasteiger partial charge on any atom is -0.508 e. The van der Waals surface area contributed by atoms with Gasteiger partial charge in [-0.25, -0.2) is 5.01 Å². The van der Waals surface area contributed by atoms with E-state index in [1.54, 1.807) is 46.1 Å². The van der Waals surface area contributed by atoms with Crippen molar-refractivity contribution in [2.24, 2.45) is 0 Å². The van der Waals surface area contributed by atoms with E-state index in [1.165, 1.54) is 5.01 Å². The monoisotopic (exact) mass is 476 g/mol. The number of piperazine rings is 1. The summed E-state index contributed by atoms with van der Waals surface area (Å²) in [4.78, 5) is 42.2. The van der Waals surface area contributed by atoms with Crippen molar-refractivity contribution in [3.05, 3.63) is 59.8 Å². The Hall–Kier alpha value is -3.92. The highest BCUT2D eigenvalue weighted by Gasteiger charge is 2.49. The molecule has 2 atom stereocenters. The highest BCUT2D eigenvalue weighted by Crippen LogP contribution is 2.29. The molecular weight excluding hydrogens is 448 g/mol. The maximum absolute atomic E-state index is 13.8. The van der Waals surface area contributed by atoms with Crippen molar-refractivity contribution in [3.63, 3.8) is 0 Å². The van der Waals surface area contributed by atoms with Gasteiger partial charge in [0.2, 0.25) is 18.2 Å². The first-order chi connectivity index (χ1) is 16.9. The Bertz CT molecular complexity index is 1270. The molecule has 2 aliphatic rings. The first-order valence-corrected chi connectivity index (χ1v) is 11.7. The lowest BCUT2D eigenvalue weighted by molar-refractivity contribution is -0.196. The van der Waals surface area contributed by atoms with Gasteiger partial charge in [0.05, 0.1) is 24.8 Å². The Balaban J connectivity index is 1.51. The average Bonchev–Trinajstić information content (AvgIpc) is 3.27. The summed E-state index contributed by atoms with van der Waals surface area (Å²) in [6.45, 7) is 3.33. The lowest BCUT2D eigenvalue weighted by Gasteiger charge is -2.53.